The van der Waals surface area contributed by atoms with E-state index in [4.69, 9.17) is 4.42 Å². The molecule has 0 aliphatic rings. The standard InChI is InChI=1S/C14H14N3O.Ir/c1-10(2)8-17-7-6-15-14(17)11-4-3-5-12-13(11)16-9-18-12;/h3,5-7,9-10H,8H2,1-2H3;/q-1;. The second-order valence-corrected chi connectivity index (χ2v) is 4.71. The van der Waals surface area contributed by atoms with Gasteiger partial charge in [0.05, 0.1) is 11.4 Å². The van der Waals surface area contributed by atoms with Gasteiger partial charge in [-0.05, 0) is 5.92 Å². The second kappa shape index (κ2) is 5.68. The minimum Gasteiger partial charge on any atom is -0.464 e. The van der Waals surface area contributed by atoms with Crippen molar-refractivity contribution in [2.75, 3.05) is 0 Å². The van der Waals surface area contributed by atoms with Crippen molar-refractivity contribution in [2.45, 2.75) is 20.4 Å². The molecule has 0 saturated heterocycles. The maximum atomic E-state index is 5.31. The maximum Gasteiger partial charge on any atom is 0.170 e. The summed E-state index contributed by atoms with van der Waals surface area (Å²) < 4.78 is 7.44. The van der Waals surface area contributed by atoms with E-state index < -0.39 is 0 Å². The molecule has 0 spiro atoms. The molecule has 0 amide bonds. The van der Waals surface area contributed by atoms with E-state index in [1.807, 2.05) is 24.5 Å². The number of hydrogen-bond donors (Lipinski definition) is 0. The first-order chi connectivity index (χ1) is 8.75. The normalized spacial score (nSPS) is 10.9. The minimum absolute atomic E-state index is 0. The van der Waals surface area contributed by atoms with Gasteiger partial charge in [-0.1, -0.05) is 25.5 Å². The van der Waals surface area contributed by atoms with Crippen LogP contribution in [0.2, 0.25) is 0 Å². The number of hydrogen-bond acceptors (Lipinski definition) is 3. The van der Waals surface area contributed by atoms with Crippen molar-refractivity contribution >= 4 is 11.1 Å². The molecule has 19 heavy (non-hydrogen) atoms. The van der Waals surface area contributed by atoms with Crippen LogP contribution in [0.3, 0.4) is 0 Å². The smallest absolute Gasteiger partial charge is 0.170 e. The molecule has 0 fully saturated rings. The van der Waals surface area contributed by atoms with Gasteiger partial charge in [0.2, 0.25) is 0 Å². The van der Waals surface area contributed by atoms with Crippen molar-refractivity contribution < 1.29 is 24.5 Å². The summed E-state index contributed by atoms with van der Waals surface area (Å²) in [7, 11) is 0. The number of benzene rings is 1. The number of aromatic nitrogens is 3. The average molecular weight is 433 g/mol. The average Bonchev–Trinajstić information content (AvgIpc) is 2.95. The number of rotatable bonds is 3. The Hall–Kier alpha value is -1.45. The van der Waals surface area contributed by atoms with Crippen LogP contribution >= 0.6 is 0 Å². The zero-order valence-corrected chi connectivity index (χ0v) is 13.1. The van der Waals surface area contributed by atoms with E-state index in [0.29, 0.717) is 5.92 Å². The molecule has 0 bridgehead atoms. The summed E-state index contributed by atoms with van der Waals surface area (Å²) in [6.07, 6.45) is 5.25. The molecule has 2 heterocycles. The Morgan fingerprint density at radius 1 is 1.37 bits per heavy atom. The van der Waals surface area contributed by atoms with Crippen LogP contribution in [-0.4, -0.2) is 14.5 Å². The molecule has 101 valence electrons. The molecule has 0 aliphatic heterocycles. The summed E-state index contributed by atoms with van der Waals surface area (Å²) in [4.78, 5) is 8.66. The number of nitrogens with zero attached hydrogens (tertiary/aromatic N) is 3. The SMILES string of the molecule is CC(C)Cn1ccnc1-c1[c-]ccc2ocnc12.[Ir]. The van der Waals surface area contributed by atoms with E-state index in [1.54, 1.807) is 0 Å². The molecular weight excluding hydrogens is 418 g/mol. The third kappa shape index (κ3) is 2.62. The van der Waals surface area contributed by atoms with E-state index in [9.17, 15) is 0 Å². The van der Waals surface area contributed by atoms with Gasteiger partial charge in [0.25, 0.3) is 0 Å². The fourth-order valence-electron chi connectivity index (χ4n) is 2.08. The Balaban J connectivity index is 0.00000133. The molecule has 4 nitrogen and oxygen atoms in total. The molecule has 2 aromatic heterocycles. The van der Waals surface area contributed by atoms with E-state index >= 15 is 0 Å². The molecule has 5 heteroatoms. The maximum absolute atomic E-state index is 5.31. The van der Waals surface area contributed by atoms with E-state index in [2.05, 4.69) is 34.4 Å². The van der Waals surface area contributed by atoms with Crippen LogP contribution in [0.1, 0.15) is 13.8 Å². The Labute approximate surface area is 125 Å². The largest absolute Gasteiger partial charge is 0.464 e. The van der Waals surface area contributed by atoms with Crippen molar-refractivity contribution in [3.05, 3.63) is 37.0 Å². The zero-order valence-electron chi connectivity index (χ0n) is 10.8. The van der Waals surface area contributed by atoms with Crippen molar-refractivity contribution in [3.63, 3.8) is 0 Å². The summed E-state index contributed by atoms with van der Waals surface area (Å²) in [6, 6.07) is 6.91. The summed E-state index contributed by atoms with van der Waals surface area (Å²) in [6.45, 7) is 5.30. The summed E-state index contributed by atoms with van der Waals surface area (Å²) in [5.74, 6) is 1.46. The monoisotopic (exact) mass is 433 g/mol. The Kier molecular flexibility index (Phi) is 4.17. The predicted octanol–water partition coefficient (Wildman–Crippen LogP) is 3.14. The molecule has 1 radical (unpaired) electrons. The van der Waals surface area contributed by atoms with Crippen LogP contribution in [0.25, 0.3) is 22.5 Å². The van der Waals surface area contributed by atoms with Crippen LogP contribution in [0, 0.1) is 12.0 Å². The molecule has 0 unspecified atom stereocenters. The van der Waals surface area contributed by atoms with Gasteiger partial charge >= 0.3 is 0 Å². The van der Waals surface area contributed by atoms with Gasteiger partial charge in [-0.15, -0.1) is 12.1 Å². The van der Waals surface area contributed by atoms with Gasteiger partial charge in [0, 0.05) is 44.6 Å². The number of fused-ring (bicyclic) bond motifs is 1. The fourth-order valence-corrected chi connectivity index (χ4v) is 2.08. The number of oxazole rings is 1. The van der Waals surface area contributed by atoms with E-state index in [1.165, 1.54) is 6.39 Å². The summed E-state index contributed by atoms with van der Waals surface area (Å²) in [5.41, 5.74) is 2.48. The third-order valence-corrected chi connectivity index (χ3v) is 2.79. The molecule has 0 aliphatic carbocycles. The van der Waals surface area contributed by atoms with Gasteiger partial charge in [-0.3, -0.25) is 9.97 Å². The molecule has 1 aromatic carbocycles. The van der Waals surface area contributed by atoms with Crippen LogP contribution < -0.4 is 0 Å². The first kappa shape index (κ1) is 14.0. The van der Waals surface area contributed by atoms with Crippen LogP contribution in [-0.2, 0) is 26.7 Å². The van der Waals surface area contributed by atoms with E-state index in [0.717, 1.165) is 29.0 Å². The van der Waals surface area contributed by atoms with E-state index in [-0.39, 0.29) is 20.1 Å². The minimum atomic E-state index is 0. The van der Waals surface area contributed by atoms with Gasteiger partial charge in [-0.2, -0.15) is 0 Å². The molecule has 3 rings (SSSR count). The fraction of sp³-hybridized carbons (Fsp3) is 0.286. The second-order valence-electron chi connectivity index (χ2n) is 4.71. The quantitative estimate of drug-likeness (QED) is 0.598. The first-order valence-corrected chi connectivity index (χ1v) is 6.01. The zero-order chi connectivity index (χ0) is 12.5. The van der Waals surface area contributed by atoms with Gasteiger partial charge in [0.1, 0.15) is 0 Å². The van der Waals surface area contributed by atoms with Crippen LogP contribution in [0.5, 0.6) is 0 Å². The third-order valence-electron chi connectivity index (χ3n) is 2.79. The number of imidazole rings is 1. The predicted molar refractivity (Wildman–Crippen MR) is 68.9 cm³/mol. The van der Waals surface area contributed by atoms with Crippen molar-refractivity contribution in [1.29, 1.82) is 0 Å². The van der Waals surface area contributed by atoms with Gasteiger partial charge < -0.3 is 8.98 Å². The van der Waals surface area contributed by atoms with Crippen LogP contribution in [0.15, 0.2) is 35.3 Å². The summed E-state index contributed by atoms with van der Waals surface area (Å²) in [5, 5.41) is 0. The Bertz CT molecular complexity index is 672. The molecule has 0 saturated carbocycles. The van der Waals surface area contributed by atoms with Crippen molar-refractivity contribution in [2.24, 2.45) is 5.92 Å². The van der Waals surface area contributed by atoms with Crippen molar-refractivity contribution in [3.8, 4) is 11.4 Å². The molecule has 0 N–H and O–H groups in total. The Morgan fingerprint density at radius 3 is 3.00 bits per heavy atom. The molecule has 0 atom stereocenters. The summed E-state index contributed by atoms with van der Waals surface area (Å²) >= 11 is 0. The van der Waals surface area contributed by atoms with Gasteiger partial charge in [0.15, 0.2) is 6.39 Å². The molecule has 3 aromatic rings. The van der Waals surface area contributed by atoms with Crippen LogP contribution in [0.4, 0.5) is 0 Å². The first-order valence-electron chi connectivity index (χ1n) is 6.01. The molecular formula is C14H14IrN3O-. The van der Waals surface area contributed by atoms with Gasteiger partial charge in [-0.25, -0.2) is 0 Å². The van der Waals surface area contributed by atoms with Crippen molar-refractivity contribution in [1.82, 2.24) is 14.5 Å². The topological polar surface area (TPSA) is 43.9 Å². The Morgan fingerprint density at radius 2 is 2.21 bits per heavy atom.